The van der Waals surface area contributed by atoms with E-state index >= 15 is 0 Å². The largest absolute Gasteiger partial charge is 0.481 e. The molecule has 1 N–H and O–H groups in total. The third-order valence-electron chi connectivity index (χ3n) is 4.53. The first-order valence-electron chi connectivity index (χ1n) is 10.7. The molecule has 0 aliphatic carbocycles. The molecule has 0 aliphatic heterocycles. The van der Waals surface area contributed by atoms with Gasteiger partial charge in [0.1, 0.15) is 6.61 Å². The third kappa shape index (κ3) is 8.80. The quantitative estimate of drug-likeness (QED) is 0.298. The van der Waals surface area contributed by atoms with Gasteiger partial charge in [0.2, 0.25) is 5.88 Å². The van der Waals surface area contributed by atoms with Crippen molar-refractivity contribution in [1.29, 1.82) is 0 Å². The van der Waals surface area contributed by atoms with Gasteiger partial charge in [-0.3, -0.25) is 9.63 Å². The molecule has 35 heavy (non-hydrogen) atoms. The van der Waals surface area contributed by atoms with Crippen molar-refractivity contribution < 1.29 is 29.0 Å². The number of nitrogens with zero attached hydrogens (tertiary/aromatic N) is 3. The molecule has 3 rings (SSSR count). The molecule has 9 nitrogen and oxygen atoms in total. The number of carbonyl (C=O) groups excluding carboxylic acids is 1. The molecule has 10 heteroatoms. The first-order chi connectivity index (χ1) is 16.9. The lowest BCUT2D eigenvalue weighted by molar-refractivity contribution is -0.136. The van der Waals surface area contributed by atoms with E-state index in [1.165, 1.54) is 14.2 Å². The van der Waals surface area contributed by atoms with E-state index in [2.05, 4.69) is 5.10 Å². The summed E-state index contributed by atoms with van der Waals surface area (Å²) in [5.41, 5.74) is 2.14. The molecule has 1 aromatic heterocycles. The van der Waals surface area contributed by atoms with Crippen LogP contribution in [0.5, 0.6) is 5.88 Å². The van der Waals surface area contributed by atoms with E-state index in [4.69, 9.17) is 31.0 Å². The van der Waals surface area contributed by atoms with Gasteiger partial charge in [0, 0.05) is 29.3 Å². The van der Waals surface area contributed by atoms with Crippen LogP contribution in [0.3, 0.4) is 0 Å². The normalized spacial score (nSPS) is 10.4. The molecule has 0 fully saturated rings. The number of hydrogen-bond donors (Lipinski definition) is 1. The van der Waals surface area contributed by atoms with Gasteiger partial charge >= 0.3 is 12.1 Å². The molecule has 1 amide bonds. The number of allylic oxidation sites excluding steroid dienone is 2. The number of methoxy groups -OCH3 is 1. The van der Waals surface area contributed by atoms with Crippen LogP contribution in [0.25, 0.3) is 5.69 Å². The minimum atomic E-state index is -0.733. The fourth-order valence-corrected chi connectivity index (χ4v) is 2.96. The molecule has 3 aromatic rings. The minimum absolute atomic E-state index is 0.199. The molecule has 0 saturated carbocycles. The van der Waals surface area contributed by atoms with Gasteiger partial charge in [0.25, 0.3) is 0 Å². The second-order valence-corrected chi connectivity index (χ2v) is 7.38. The summed E-state index contributed by atoms with van der Waals surface area (Å²) in [7, 11) is 2.68. The number of benzene rings is 2. The number of anilines is 1. The summed E-state index contributed by atoms with van der Waals surface area (Å²) < 4.78 is 12.2. The molecule has 186 valence electrons. The minimum Gasteiger partial charge on any atom is -0.481 e. The van der Waals surface area contributed by atoms with Crippen LogP contribution < -0.4 is 9.80 Å². The number of ether oxygens (including phenoxy) is 2. The second-order valence-electron chi connectivity index (χ2n) is 6.94. The number of para-hydroxylation sites is 1. The van der Waals surface area contributed by atoms with Crippen LogP contribution in [-0.2, 0) is 21.0 Å². The first kappa shape index (κ1) is 27.4. The average Bonchev–Trinajstić information content (AvgIpc) is 3.33. The van der Waals surface area contributed by atoms with Gasteiger partial charge in [0.05, 0.1) is 25.6 Å². The van der Waals surface area contributed by atoms with E-state index in [1.54, 1.807) is 41.2 Å². The number of carboxylic acids is 1. The average molecular weight is 502 g/mol. The zero-order valence-corrected chi connectivity index (χ0v) is 20.5. The zero-order valence-electron chi connectivity index (χ0n) is 19.8. The van der Waals surface area contributed by atoms with E-state index in [0.717, 1.165) is 16.3 Å². The fourth-order valence-electron chi connectivity index (χ4n) is 2.83. The second kappa shape index (κ2) is 14.4. The highest BCUT2D eigenvalue weighted by atomic mass is 35.5. The van der Waals surface area contributed by atoms with Crippen molar-refractivity contribution in [1.82, 2.24) is 9.78 Å². The highest BCUT2D eigenvalue weighted by molar-refractivity contribution is 6.30. The van der Waals surface area contributed by atoms with Crippen molar-refractivity contribution in [2.75, 3.05) is 19.3 Å². The van der Waals surface area contributed by atoms with Crippen molar-refractivity contribution in [3.05, 3.63) is 83.5 Å². The Bertz CT molecular complexity index is 1110. The predicted molar refractivity (Wildman–Crippen MR) is 133 cm³/mol. The molecular weight excluding hydrogens is 474 g/mol. The van der Waals surface area contributed by atoms with E-state index in [1.807, 2.05) is 43.3 Å². The van der Waals surface area contributed by atoms with E-state index < -0.39 is 12.1 Å². The van der Waals surface area contributed by atoms with Crippen molar-refractivity contribution in [2.45, 2.75) is 26.4 Å². The number of amides is 1. The Morgan fingerprint density at radius 1 is 1.11 bits per heavy atom. The summed E-state index contributed by atoms with van der Waals surface area (Å²) in [6, 6.07) is 16.3. The standard InChI is InChI=1S/C19H18ClN3O4.C6H10O2/c1-25-19(24)23(26-2)17-6-4-3-5-14(17)13-27-18-11-12-22(21-18)16-9-7-15(20)8-10-16;1-2-3-4-5-6(7)8/h3-12H,13H2,1-2H3;2-3H,4-5H2,1H3,(H,7,8)/b;3-2+. The van der Waals surface area contributed by atoms with Gasteiger partial charge in [-0.1, -0.05) is 42.0 Å². The lowest BCUT2D eigenvalue weighted by atomic mass is 10.2. The van der Waals surface area contributed by atoms with Crippen LogP contribution in [-0.4, -0.2) is 41.2 Å². The van der Waals surface area contributed by atoms with Crippen LogP contribution in [0.15, 0.2) is 72.9 Å². The number of aliphatic carboxylic acids is 1. The smallest absolute Gasteiger partial charge is 0.438 e. The Balaban J connectivity index is 0.000000466. The van der Waals surface area contributed by atoms with Gasteiger partial charge in [-0.2, -0.15) is 5.06 Å². The zero-order chi connectivity index (χ0) is 25.6. The molecule has 0 bridgehead atoms. The van der Waals surface area contributed by atoms with Crippen LogP contribution in [0, 0.1) is 0 Å². The molecule has 0 spiro atoms. The molecule has 0 atom stereocenters. The number of hydrogen-bond acceptors (Lipinski definition) is 6. The summed E-state index contributed by atoms with van der Waals surface area (Å²) >= 11 is 5.91. The van der Waals surface area contributed by atoms with Crippen LogP contribution in [0.4, 0.5) is 10.5 Å². The third-order valence-corrected chi connectivity index (χ3v) is 4.78. The summed E-state index contributed by atoms with van der Waals surface area (Å²) in [5.74, 6) is -0.287. The summed E-state index contributed by atoms with van der Waals surface area (Å²) in [4.78, 5) is 26.8. The number of rotatable bonds is 9. The maximum Gasteiger partial charge on any atom is 0.438 e. The molecular formula is C25H28ClN3O6. The predicted octanol–water partition coefficient (Wildman–Crippen LogP) is 5.67. The Hall–Kier alpha value is -3.82. The molecule has 0 unspecified atom stereocenters. The summed E-state index contributed by atoms with van der Waals surface area (Å²) in [6.45, 7) is 2.08. The number of carboxylic acid groups (broad SMARTS) is 1. The maximum absolute atomic E-state index is 11.9. The van der Waals surface area contributed by atoms with E-state index in [9.17, 15) is 9.59 Å². The van der Waals surface area contributed by atoms with Crippen molar-refractivity contribution in [3.63, 3.8) is 0 Å². The number of hydroxylamine groups is 1. The number of aromatic nitrogens is 2. The summed E-state index contributed by atoms with van der Waals surface area (Å²) in [5, 5.41) is 14.2. The van der Waals surface area contributed by atoms with E-state index in [-0.39, 0.29) is 13.0 Å². The van der Waals surface area contributed by atoms with Gasteiger partial charge in [-0.05, 0) is 43.7 Å². The Labute approximate surface area is 209 Å². The Kier molecular flexibility index (Phi) is 11.3. The van der Waals surface area contributed by atoms with E-state index in [0.29, 0.717) is 23.0 Å². The topological polar surface area (TPSA) is 103 Å². The molecule has 1 heterocycles. The summed E-state index contributed by atoms with van der Waals surface area (Å²) in [6.07, 6.45) is 5.74. The van der Waals surface area contributed by atoms with Crippen LogP contribution in [0.1, 0.15) is 25.3 Å². The van der Waals surface area contributed by atoms with Crippen molar-refractivity contribution in [2.24, 2.45) is 0 Å². The van der Waals surface area contributed by atoms with Crippen molar-refractivity contribution >= 4 is 29.4 Å². The lowest BCUT2D eigenvalue weighted by Gasteiger charge is -2.20. The molecule has 2 aromatic carbocycles. The van der Waals surface area contributed by atoms with Gasteiger partial charge < -0.3 is 14.6 Å². The van der Waals surface area contributed by atoms with Gasteiger partial charge in [-0.15, -0.1) is 5.10 Å². The molecule has 0 aliphatic rings. The SMILES string of the molecule is C/C=C/CCC(=O)O.COC(=O)N(OC)c1ccccc1COc1ccn(-c2ccc(Cl)cc2)n1. The first-order valence-corrected chi connectivity index (χ1v) is 11.0. The van der Waals surface area contributed by atoms with Crippen molar-refractivity contribution in [3.8, 4) is 11.6 Å². The fraction of sp³-hybridized carbons (Fsp3) is 0.240. The number of carbonyl (C=O) groups is 2. The van der Waals surface area contributed by atoms with Crippen LogP contribution in [0.2, 0.25) is 5.02 Å². The highest BCUT2D eigenvalue weighted by Crippen LogP contribution is 2.23. The lowest BCUT2D eigenvalue weighted by Crippen LogP contribution is -2.30. The highest BCUT2D eigenvalue weighted by Gasteiger charge is 2.19. The van der Waals surface area contributed by atoms with Gasteiger partial charge in [-0.25, -0.2) is 9.48 Å². The maximum atomic E-state index is 11.9. The Morgan fingerprint density at radius 3 is 2.46 bits per heavy atom. The molecule has 0 saturated heterocycles. The Morgan fingerprint density at radius 2 is 1.83 bits per heavy atom. The van der Waals surface area contributed by atoms with Crippen LogP contribution >= 0.6 is 11.6 Å². The number of halogens is 1. The monoisotopic (exact) mass is 501 g/mol. The van der Waals surface area contributed by atoms with Gasteiger partial charge in [0.15, 0.2) is 0 Å². The molecule has 0 radical (unpaired) electrons.